The van der Waals surface area contributed by atoms with E-state index in [4.69, 9.17) is 17.3 Å². The minimum Gasteiger partial charge on any atom is -0.351 e. The molecular formula is C18H24ClN5O2. The van der Waals surface area contributed by atoms with Crippen molar-refractivity contribution >= 4 is 29.1 Å². The highest BCUT2D eigenvalue weighted by molar-refractivity contribution is 6.34. The molecule has 1 aromatic carbocycles. The molecule has 1 aromatic heterocycles. The molecule has 4 N–H and O–H groups in total. The Morgan fingerprint density at radius 1 is 1.23 bits per heavy atom. The Morgan fingerprint density at radius 3 is 2.46 bits per heavy atom. The van der Waals surface area contributed by atoms with Crippen LogP contribution in [0, 0.1) is 0 Å². The Hall–Kier alpha value is -2.38. The first-order valence-corrected chi connectivity index (χ1v) is 8.65. The van der Waals surface area contributed by atoms with Crippen LogP contribution in [0.4, 0.5) is 5.69 Å². The summed E-state index contributed by atoms with van der Waals surface area (Å²) in [7, 11) is 1.72. The molecular weight excluding hydrogens is 354 g/mol. The maximum Gasteiger partial charge on any atom is 0.273 e. The van der Waals surface area contributed by atoms with Crippen molar-refractivity contribution in [2.24, 2.45) is 12.8 Å². The summed E-state index contributed by atoms with van der Waals surface area (Å²) in [4.78, 5) is 24.5. The van der Waals surface area contributed by atoms with E-state index in [2.05, 4.69) is 15.7 Å². The van der Waals surface area contributed by atoms with E-state index in [1.165, 1.54) is 6.07 Å². The molecule has 0 bridgehead atoms. The number of carbonyl (C=O) groups is 2. The lowest BCUT2D eigenvalue weighted by atomic mass is 9.92. The standard InChI is InChI=1S/C18H24ClN5O2/c1-18(2,3)15-10-14(24(4)23-15)17(26)22-11-5-6-12(13(19)9-11)16(25)21-8-7-20/h5-6,9-10H,7-8,20H2,1-4H3,(H,21,25)(H,22,26). The molecule has 0 aliphatic heterocycles. The third kappa shape index (κ3) is 4.62. The molecule has 0 aliphatic carbocycles. The summed E-state index contributed by atoms with van der Waals surface area (Å²) < 4.78 is 1.55. The van der Waals surface area contributed by atoms with Gasteiger partial charge in [-0.3, -0.25) is 14.3 Å². The van der Waals surface area contributed by atoms with Crippen LogP contribution >= 0.6 is 11.6 Å². The summed E-state index contributed by atoms with van der Waals surface area (Å²) in [6.45, 7) is 6.81. The lowest BCUT2D eigenvalue weighted by Gasteiger charge is -2.13. The van der Waals surface area contributed by atoms with Crippen molar-refractivity contribution in [1.82, 2.24) is 15.1 Å². The summed E-state index contributed by atoms with van der Waals surface area (Å²) in [5.41, 5.74) is 7.30. The Labute approximate surface area is 157 Å². The van der Waals surface area contributed by atoms with Crippen LogP contribution in [0.1, 0.15) is 47.3 Å². The smallest absolute Gasteiger partial charge is 0.273 e. The van der Waals surface area contributed by atoms with E-state index >= 15 is 0 Å². The number of benzene rings is 1. The number of nitrogens with two attached hydrogens (primary N) is 1. The van der Waals surface area contributed by atoms with Crippen LogP contribution in [-0.4, -0.2) is 34.7 Å². The van der Waals surface area contributed by atoms with E-state index in [0.717, 1.165) is 5.69 Å². The summed E-state index contributed by atoms with van der Waals surface area (Å²) >= 11 is 6.17. The third-order valence-corrected chi connectivity index (χ3v) is 4.10. The van der Waals surface area contributed by atoms with Crippen molar-refractivity contribution < 1.29 is 9.59 Å². The second-order valence-electron chi connectivity index (χ2n) is 6.98. The third-order valence-electron chi connectivity index (χ3n) is 3.78. The zero-order valence-corrected chi connectivity index (χ0v) is 16.1. The first-order chi connectivity index (χ1) is 12.1. The number of amides is 2. The first-order valence-electron chi connectivity index (χ1n) is 8.27. The number of rotatable bonds is 5. The highest BCUT2D eigenvalue weighted by Crippen LogP contribution is 2.23. The summed E-state index contributed by atoms with van der Waals surface area (Å²) in [5, 5.41) is 10.1. The zero-order chi connectivity index (χ0) is 19.5. The molecule has 0 fully saturated rings. The molecule has 0 spiro atoms. The Morgan fingerprint density at radius 2 is 1.92 bits per heavy atom. The average Bonchev–Trinajstić information content (AvgIpc) is 2.95. The molecule has 2 amide bonds. The number of carbonyl (C=O) groups excluding carboxylic acids is 2. The molecule has 8 heteroatoms. The van der Waals surface area contributed by atoms with Gasteiger partial charge in [-0.05, 0) is 24.3 Å². The van der Waals surface area contributed by atoms with Crippen LogP contribution in [0.5, 0.6) is 0 Å². The fourth-order valence-corrected chi connectivity index (χ4v) is 2.57. The normalized spacial score (nSPS) is 11.3. The second kappa shape index (κ2) is 7.88. The van der Waals surface area contributed by atoms with E-state index in [9.17, 15) is 9.59 Å². The van der Waals surface area contributed by atoms with Crippen LogP contribution in [-0.2, 0) is 12.5 Å². The second-order valence-corrected chi connectivity index (χ2v) is 7.39. The minimum absolute atomic E-state index is 0.155. The van der Waals surface area contributed by atoms with Gasteiger partial charge in [0.1, 0.15) is 5.69 Å². The number of hydrogen-bond acceptors (Lipinski definition) is 4. The maximum absolute atomic E-state index is 12.5. The predicted octanol–water partition coefficient (Wildman–Crippen LogP) is 2.31. The van der Waals surface area contributed by atoms with Gasteiger partial charge >= 0.3 is 0 Å². The highest BCUT2D eigenvalue weighted by atomic mass is 35.5. The van der Waals surface area contributed by atoms with Gasteiger partial charge < -0.3 is 16.4 Å². The van der Waals surface area contributed by atoms with E-state index in [1.54, 1.807) is 29.9 Å². The van der Waals surface area contributed by atoms with Gasteiger partial charge in [0.2, 0.25) is 0 Å². The topological polar surface area (TPSA) is 102 Å². The Balaban J connectivity index is 2.16. The van der Waals surface area contributed by atoms with Crippen molar-refractivity contribution in [1.29, 1.82) is 0 Å². The Kier molecular flexibility index (Phi) is 6.05. The molecule has 0 atom stereocenters. The molecule has 140 valence electrons. The molecule has 2 aromatic rings. The van der Waals surface area contributed by atoms with Gasteiger partial charge in [0.25, 0.3) is 11.8 Å². The quantitative estimate of drug-likeness (QED) is 0.744. The average molecular weight is 378 g/mol. The van der Waals surface area contributed by atoms with E-state index < -0.39 is 0 Å². The first kappa shape index (κ1) is 19.9. The van der Waals surface area contributed by atoms with Crippen LogP contribution in [0.25, 0.3) is 0 Å². The van der Waals surface area contributed by atoms with Gasteiger partial charge in [0.05, 0.1) is 16.3 Å². The van der Waals surface area contributed by atoms with Gasteiger partial charge in [-0.1, -0.05) is 32.4 Å². The zero-order valence-electron chi connectivity index (χ0n) is 15.4. The molecule has 0 unspecified atom stereocenters. The Bertz CT molecular complexity index is 823. The lowest BCUT2D eigenvalue weighted by Crippen LogP contribution is -2.29. The lowest BCUT2D eigenvalue weighted by molar-refractivity contribution is 0.0954. The SMILES string of the molecule is Cn1nc(C(C)(C)C)cc1C(=O)Nc1ccc(C(=O)NCCN)c(Cl)c1. The van der Waals surface area contributed by atoms with Crippen molar-refractivity contribution in [2.45, 2.75) is 26.2 Å². The minimum atomic E-state index is -0.306. The fourth-order valence-electron chi connectivity index (χ4n) is 2.30. The van der Waals surface area contributed by atoms with Crippen LogP contribution < -0.4 is 16.4 Å². The van der Waals surface area contributed by atoms with Gasteiger partial charge in [-0.25, -0.2) is 0 Å². The molecule has 26 heavy (non-hydrogen) atoms. The highest BCUT2D eigenvalue weighted by Gasteiger charge is 2.22. The summed E-state index contributed by atoms with van der Waals surface area (Å²) in [6.07, 6.45) is 0. The van der Waals surface area contributed by atoms with Crippen molar-refractivity contribution in [3.05, 3.63) is 46.2 Å². The van der Waals surface area contributed by atoms with Crippen LogP contribution in [0.3, 0.4) is 0 Å². The number of aromatic nitrogens is 2. The molecule has 0 aliphatic rings. The van der Waals surface area contributed by atoms with Gasteiger partial charge in [-0.2, -0.15) is 5.10 Å². The van der Waals surface area contributed by atoms with E-state index in [-0.39, 0.29) is 22.3 Å². The number of halogens is 1. The number of nitrogens with zero attached hydrogens (tertiary/aromatic N) is 2. The van der Waals surface area contributed by atoms with Crippen molar-refractivity contribution in [2.75, 3.05) is 18.4 Å². The van der Waals surface area contributed by atoms with E-state index in [0.29, 0.717) is 30.0 Å². The number of nitrogens with one attached hydrogen (secondary N) is 2. The molecule has 2 rings (SSSR count). The molecule has 0 saturated carbocycles. The van der Waals surface area contributed by atoms with Gasteiger partial charge in [0, 0.05) is 31.2 Å². The summed E-state index contributed by atoms with van der Waals surface area (Å²) in [5.74, 6) is -0.605. The molecule has 7 nitrogen and oxygen atoms in total. The van der Waals surface area contributed by atoms with Crippen molar-refractivity contribution in [3.8, 4) is 0 Å². The number of aryl methyl sites for hydroxylation is 1. The fraction of sp³-hybridized carbons (Fsp3) is 0.389. The van der Waals surface area contributed by atoms with Crippen LogP contribution in [0.2, 0.25) is 5.02 Å². The van der Waals surface area contributed by atoms with Gasteiger partial charge in [-0.15, -0.1) is 0 Å². The number of hydrogen-bond donors (Lipinski definition) is 3. The largest absolute Gasteiger partial charge is 0.351 e. The molecule has 0 saturated heterocycles. The van der Waals surface area contributed by atoms with E-state index in [1.807, 2.05) is 20.8 Å². The van der Waals surface area contributed by atoms with Crippen molar-refractivity contribution in [3.63, 3.8) is 0 Å². The van der Waals surface area contributed by atoms with Gasteiger partial charge in [0.15, 0.2) is 0 Å². The maximum atomic E-state index is 12.5. The summed E-state index contributed by atoms with van der Waals surface area (Å²) in [6, 6.07) is 6.50. The van der Waals surface area contributed by atoms with Crippen LogP contribution in [0.15, 0.2) is 24.3 Å². The molecule has 1 heterocycles. The predicted molar refractivity (Wildman–Crippen MR) is 103 cm³/mol. The molecule has 0 radical (unpaired) electrons. The monoisotopic (exact) mass is 377 g/mol. The number of anilines is 1.